The average Bonchev–Trinajstić information content (AvgIpc) is 2.64. The van der Waals surface area contributed by atoms with Crippen LogP contribution in [-0.4, -0.2) is 20.5 Å². The van der Waals surface area contributed by atoms with Crippen molar-refractivity contribution in [3.05, 3.63) is 59.9 Å². The van der Waals surface area contributed by atoms with Crippen molar-refractivity contribution in [3.63, 3.8) is 0 Å². The third-order valence-corrected chi connectivity index (χ3v) is 6.58. The molecule has 0 saturated heterocycles. The minimum absolute atomic E-state index is 0.0472. The molecule has 0 radical (unpaired) electrons. The molecule has 1 aromatic heterocycles. The highest BCUT2D eigenvalue weighted by molar-refractivity contribution is 8.39. The van der Waals surface area contributed by atoms with E-state index >= 15 is 0 Å². The minimum Gasteiger partial charge on any atom is -0.351 e. The Balaban J connectivity index is 1.65. The van der Waals surface area contributed by atoms with Gasteiger partial charge >= 0.3 is 0 Å². The second-order valence-electron chi connectivity index (χ2n) is 6.16. The Morgan fingerprint density at radius 1 is 1.28 bits per heavy atom. The molecule has 4 nitrogen and oxygen atoms in total. The molecule has 1 amide bonds. The Morgan fingerprint density at radius 3 is 2.88 bits per heavy atom. The van der Waals surface area contributed by atoms with Crippen molar-refractivity contribution >= 4 is 39.5 Å². The number of amides is 1. The van der Waals surface area contributed by atoms with Gasteiger partial charge in [-0.05, 0) is 29.2 Å². The topological polar surface area (TPSA) is 54.4 Å². The number of rotatable bonds is 5. The lowest BCUT2D eigenvalue weighted by Gasteiger charge is -2.22. The lowest BCUT2D eigenvalue weighted by Crippen LogP contribution is -2.36. The number of aromatic nitrogens is 1. The van der Waals surface area contributed by atoms with Crippen LogP contribution in [0.15, 0.2) is 53.8 Å². The highest BCUT2D eigenvalue weighted by Crippen LogP contribution is 2.37. The van der Waals surface area contributed by atoms with Gasteiger partial charge in [0.15, 0.2) is 0 Å². The molecule has 1 aliphatic rings. The quantitative estimate of drug-likeness (QED) is 0.847. The predicted octanol–water partition coefficient (Wildman–Crippen LogP) is 4.39. The highest BCUT2D eigenvalue weighted by atomic mass is 32.2. The standard InChI is InChI=1S/C19H21N3OS2/c1-13(2)17(18(23)21-11-14-6-5-9-20-10-14)25-19-22-16-8-4-3-7-15(16)12-24-19/h3-10,13,17H,11-12H2,1-2H3,(H,21,23)/t17-/m0/s1. The third kappa shape index (κ3) is 4.86. The lowest BCUT2D eigenvalue weighted by molar-refractivity contribution is -0.121. The summed E-state index contributed by atoms with van der Waals surface area (Å²) < 4.78 is 0.967. The van der Waals surface area contributed by atoms with Crippen LogP contribution >= 0.6 is 23.5 Å². The van der Waals surface area contributed by atoms with E-state index in [0.29, 0.717) is 6.54 Å². The molecular formula is C19H21N3OS2. The van der Waals surface area contributed by atoms with Gasteiger partial charge < -0.3 is 5.32 Å². The van der Waals surface area contributed by atoms with E-state index in [1.54, 1.807) is 35.9 Å². The summed E-state index contributed by atoms with van der Waals surface area (Å²) in [7, 11) is 0. The van der Waals surface area contributed by atoms with Crippen LogP contribution in [0.4, 0.5) is 5.69 Å². The van der Waals surface area contributed by atoms with E-state index in [0.717, 1.165) is 21.4 Å². The van der Waals surface area contributed by atoms with Crippen molar-refractivity contribution in [1.82, 2.24) is 10.3 Å². The van der Waals surface area contributed by atoms with Gasteiger partial charge in [0.2, 0.25) is 5.91 Å². The monoisotopic (exact) mass is 371 g/mol. The van der Waals surface area contributed by atoms with Crippen molar-refractivity contribution in [2.75, 3.05) is 0 Å². The summed E-state index contributed by atoms with van der Waals surface area (Å²) in [6, 6.07) is 12.0. The molecule has 1 aliphatic heterocycles. The molecule has 0 aliphatic carbocycles. The SMILES string of the molecule is CC(C)[C@H](SC1=Nc2ccccc2CS1)C(=O)NCc1cccnc1. The third-order valence-electron chi connectivity index (χ3n) is 3.84. The van der Waals surface area contributed by atoms with Crippen LogP contribution in [0, 0.1) is 5.92 Å². The van der Waals surface area contributed by atoms with E-state index in [-0.39, 0.29) is 17.1 Å². The largest absolute Gasteiger partial charge is 0.351 e. The van der Waals surface area contributed by atoms with E-state index < -0.39 is 0 Å². The number of pyridine rings is 1. The minimum atomic E-state index is -0.159. The van der Waals surface area contributed by atoms with Crippen molar-refractivity contribution in [1.29, 1.82) is 0 Å². The van der Waals surface area contributed by atoms with Crippen LogP contribution in [0.5, 0.6) is 0 Å². The van der Waals surface area contributed by atoms with Crippen molar-refractivity contribution in [2.24, 2.45) is 10.9 Å². The Bertz CT molecular complexity index is 762. The molecule has 3 rings (SSSR count). The first-order valence-electron chi connectivity index (χ1n) is 8.26. The molecule has 1 atom stereocenters. The van der Waals surface area contributed by atoms with Crippen LogP contribution in [-0.2, 0) is 17.1 Å². The van der Waals surface area contributed by atoms with Gasteiger partial charge in [0.05, 0.1) is 10.9 Å². The maximum Gasteiger partial charge on any atom is 0.234 e. The number of nitrogens with zero attached hydrogens (tertiary/aromatic N) is 2. The van der Waals surface area contributed by atoms with Gasteiger partial charge in [-0.2, -0.15) is 0 Å². The summed E-state index contributed by atoms with van der Waals surface area (Å²) >= 11 is 3.27. The zero-order valence-electron chi connectivity index (χ0n) is 14.3. The van der Waals surface area contributed by atoms with Gasteiger partial charge in [-0.1, -0.05) is 61.6 Å². The number of aliphatic imine (C=N–C) groups is 1. The number of nitrogens with one attached hydrogen (secondary N) is 1. The number of hydrogen-bond donors (Lipinski definition) is 1. The van der Waals surface area contributed by atoms with Gasteiger partial charge in [0.25, 0.3) is 0 Å². The van der Waals surface area contributed by atoms with Crippen LogP contribution in [0.1, 0.15) is 25.0 Å². The molecule has 0 fully saturated rings. The Labute approximate surface area is 156 Å². The number of thioether (sulfide) groups is 2. The molecular weight excluding hydrogens is 350 g/mol. The van der Waals surface area contributed by atoms with Crippen molar-refractivity contribution < 1.29 is 4.79 Å². The molecule has 25 heavy (non-hydrogen) atoms. The molecule has 0 bridgehead atoms. The Kier molecular flexibility index (Phi) is 6.15. The summed E-state index contributed by atoms with van der Waals surface area (Å²) in [5.74, 6) is 1.18. The first kappa shape index (κ1) is 18.0. The van der Waals surface area contributed by atoms with E-state index in [1.807, 2.05) is 30.3 Å². The van der Waals surface area contributed by atoms with Crippen LogP contribution in [0.3, 0.4) is 0 Å². The van der Waals surface area contributed by atoms with Gasteiger partial charge in [-0.15, -0.1) is 0 Å². The fourth-order valence-corrected chi connectivity index (χ4v) is 4.74. The van der Waals surface area contributed by atoms with Gasteiger partial charge in [0.1, 0.15) is 4.38 Å². The number of carbonyl (C=O) groups excluding carboxylic acids is 1. The van der Waals surface area contributed by atoms with Gasteiger partial charge in [-0.3, -0.25) is 9.78 Å². The zero-order valence-corrected chi connectivity index (χ0v) is 15.9. The summed E-state index contributed by atoms with van der Waals surface area (Å²) in [5.41, 5.74) is 3.27. The Morgan fingerprint density at radius 2 is 2.12 bits per heavy atom. The molecule has 1 N–H and O–H groups in total. The number of para-hydroxylation sites is 1. The van der Waals surface area contributed by atoms with E-state index in [2.05, 4.69) is 30.2 Å². The average molecular weight is 372 g/mol. The normalized spacial score (nSPS) is 14.6. The summed E-state index contributed by atoms with van der Waals surface area (Å²) in [4.78, 5) is 21.5. The van der Waals surface area contributed by atoms with Crippen molar-refractivity contribution in [2.45, 2.75) is 31.4 Å². The molecule has 1 aromatic carbocycles. The lowest BCUT2D eigenvalue weighted by atomic mass is 10.1. The Hall–Kier alpha value is -1.79. The second kappa shape index (κ2) is 8.54. The number of benzene rings is 1. The van der Waals surface area contributed by atoms with Gasteiger partial charge in [-0.25, -0.2) is 4.99 Å². The van der Waals surface area contributed by atoms with E-state index in [9.17, 15) is 4.79 Å². The molecule has 0 spiro atoms. The number of hydrogen-bond acceptors (Lipinski definition) is 5. The maximum absolute atomic E-state index is 12.7. The second-order valence-corrected chi connectivity index (χ2v) is 8.51. The fourth-order valence-electron chi connectivity index (χ4n) is 2.47. The van der Waals surface area contributed by atoms with Crippen molar-refractivity contribution in [3.8, 4) is 0 Å². The molecule has 0 saturated carbocycles. The van der Waals surface area contributed by atoms with Crippen LogP contribution in [0.25, 0.3) is 0 Å². The van der Waals surface area contributed by atoms with E-state index in [1.165, 1.54) is 5.56 Å². The number of fused-ring (bicyclic) bond motifs is 1. The molecule has 6 heteroatoms. The summed E-state index contributed by atoms with van der Waals surface area (Å²) in [5, 5.41) is 2.87. The molecule has 130 valence electrons. The van der Waals surface area contributed by atoms with E-state index in [4.69, 9.17) is 4.99 Å². The smallest absolute Gasteiger partial charge is 0.234 e. The zero-order chi connectivity index (χ0) is 17.6. The summed E-state index contributed by atoms with van der Waals surface area (Å²) in [6.07, 6.45) is 3.50. The van der Waals surface area contributed by atoms with Gasteiger partial charge in [0, 0.05) is 24.7 Å². The predicted molar refractivity (Wildman–Crippen MR) is 107 cm³/mol. The molecule has 2 heterocycles. The molecule has 0 unspecified atom stereocenters. The maximum atomic E-state index is 12.7. The number of carbonyl (C=O) groups is 1. The first-order chi connectivity index (χ1) is 12.1. The molecule has 2 aromatic rings. The van der Waals surface area contributed by atoms with Crippen LogP contribution in [0.2, 0.25) is 0 Å². The van der Waals surface area contributed by atoms with Crippen LogP contribution < -0.4 is 5.32 Å². The fraction of sp³-hybridized carbons (Fsp3) is 0.316. The summed E-state index contributed by atoms with van der Waals surface area (Å²) in [6.45, 7) is 4.64. The highest BCUT2D eigenvalue weighted by Gasteiger charge is 2.26. The first-order valence-corrected chi connectivity index (χ1v) is 10.1.